The summed E-state index contributed by atoms with van der Waals surface area (Å²) in [6, 6.07) is 5.45. The molecule has 1 aliphatic rings. The molecule has 2 rings (SSSR count). The molecule has 0 aromatic heterocycles. The lowest BCUT2D eigenvalue weighted by molar-refractivity contribution is -0.137. The summed E-state index contributed by atoms with van der Waals surface area (Å²) in [5.74, 6) is 0.198. The Balaban J connectivity index is 1.92. The molecule has 0 aliphatic carbocycles. The van der Waals surface area contributed by atoms with Crippen LogP contribution in [0.1, 0.15) is 19.4 Å². The van der Waals surface area contributed by atoms with Crippen LogP contribution in [-0.4, -0.2) is 66.4 Å². The Morgan fingerprint density at radius 2 is 1.87 bits per heavy atom. The van der Waals surface area contributed by atoms with Crippen LogP contribution < -0.4 is 0 Å². The summed E-state index contributed by atoms with van der Waals surface area (Å²) in [5, 5.41) is 1.10. The third-order valence-corrected chi connectivity index (χ3v) is 5.30. The molecular weight excluding hydrogens is 333 g/mol. The van der Waals surface area contributed by atoms with Gasteiger partial charge in [-0.15, -0.1) is 0 Å². The van der Waals surface area contributed by atoms with Gasteiger partial charge < -0.3 is 9.80 Å². The van der Waals surface area contributed by atoms with E-state index in [0.717, 1.165) is 38.3 Å². The van der Waals surface area contributed by atoms with E-state index < -0.39 is 0 Å². The number of hydrogen-bond acceptors (Lipinski definition) is 3. The summed E-state index contributed by atoms with van der Waals surface area (Å²) in [7, 11) is 1.97. The van der Waals surface area contributed by atoms with Gasteiger partial charge in [-0.1, -0.05) is 36.2 Å². The van der Waals surface area contributed by atoms with E-state index in [-0.39, 0.29) is 11.9 Å². The van der Waals surface area contributed by atoms with Crippen LogP contribution in [0.2, 0.25) is 10.0 Å². The second-order valence-corrected chi connectivity index (χ2v) is 6.91. The predicted octanol–water partition coefficient (Wildman–Crippen LogP) is 2.98. The Morgan fingerprint density at radius 1 is 1.22 bits per heavy atom. The fourth-order valence-electron chi connectivity index (χ4n) is 2.80. The third-order valence-electron chi connectivity index (χ3n) is 4.57. The van der Waals surface area contributed by atoms with Crippen molar-refractivity contribution in [1.29, 1.82) is 0 Å². The van der Waals surface area contributed by atoms with Crippen molar-refractivity contribution in [2.45, 2.75) is 26.4 Å². The molecule has 0 spiro atoms. The lowest BCUT2D eigenvalue weighted by Crippen LogP contribution is -2.53. The van der Waals surface area contributed by atoms with Gasteiger partial charge >= 0.3 is 0 Å². The highest BCUT2D eigenvalue weighted by Gasteiger charge is 2.26. The van der Waals surface area contributed by atoms with E-state index in [4.69, 9.17) is 23.2 Å². The van der Waals surface area contributed by atoms with E-state index in [1.165, 1.54) is 0 Å². The minimum Gasteiger partial charge on any atom is -0.339 e. The van der Waals surface area contributed by atoms with Crippen LogP contribution in [0.3, 0.4) is 0 Å². The van der Waals surface area contributed by atoms with Crippen molar-refractivity contribution in [3.05, 3.63) is 33.8 Å². The van der Waals surface area contributed by atoms with Crippen LogP contribution in [0.5, 0.6) is 0 Å². The van der Waals surface area contributed by atoms with Crippen LogP contribution in [0.4, 0.5) is 0 Å². The van der Waals surface area contributed by atoms with Crippen LogP contribution in [0.25, 0.3) is 0 Å². The fourth-order valence-corrected chi connectivity index (χ4v) is 3.12. The van der Waals surface area contributed by atoms with Crippen LogP contribution >= 0.6 is 23.2 Å². The average Bonchev–Trinajstić information content (AvgIpc) is 2.57. The molecule has 6 heteroatoms. The monoisotopic (exact) mass is 357 g/mol. The summed E-state index contributed by atoms with van der Waals surface area (Å²) in [6.45, 7) is 9.40. The second-order valence-electron chi connectivity index (χ2n) is 6.10. The standard InChI is InChI=1S/C17H25Cl2N3O/c1-4-21-7-9-22(10-8-21)17(23)13(2)20(3)12-14-5-6-15(18)16(19)11-14/h5-6,11,13H,4,7-10,12H2,1-3H3/t13-/m0/s1. The van der Waals surface area contributed by atoms with Gasteiger partial charge in [0.1, 0.15) is 0 Å². The summed E-state index contributed by atoms with van der Waals surface area (Å²) in [6.07, 6.45) is 0. The molecule has 1 aliphatic heterocycles. The number of likely N-dealkylation sites (N-methyl/N-ethyl adjacent to an activating group) is 2. The highest BCUT2D eigenvalue weighted by Crippen LogP contribution is 2.23. The van der Waals surface area contributed by atoms with Gasteiger partial charge in [-0.25, -0.2) is 0 Å². The minimum absolute atomic E-state index is 0.155. The van der Waals surface area contributed by atoms with Crippen molar-refractivity contribution in [2.75, 3.05) is 39.8 Å². The van der Waals surface area contributed by atoms with Crippen molar-refractivity contribution in [3.63, 3.8) is 0 Å². The molecule has 1 amide bonds. The van der Waals surface area contributed by atoms with E-state index >= 15 is 0 Å². The van der Waals surface area contributed by atoms with Gasteiger partial charge in [0.05, 0.1) is 16.1 Å². The Bertz CT molecular complexity index is 545. The fraction of sp³-hybridized carbons (Fsp3) is 0.588. The van der Waals surface area contributed by atoms with E-state index in [0.29, 0.717) is 16.6 Å². The Hall–Kier alpha value is -0.810. The van der Waals surface area contributed by atoms with Gasteiger partial charge in [-0.3, -0.25) is 9.69 Å². The molecule has 1 fully saturated rings. The number of carbonyl (C=O) groups excluding carboxylic acids is 1. The number of piperazine rings is 1. The van der Waals surface area contributed by atoms with E-state index in [1.807, 2.05) is 35.9 Å². The van der Waals surface area contributed by atoms with Crippen LogP contribution in [0, 0.1) is 0 Å². The molecule has 0 bridgehead atoms. The summed E-state index contributed by atoms with van der Waals surface area (Å²) in [4.78, 5) is 19.1. The van der Waals surface area contributed by atoms with Crippen LogP contribution in [-0.2, 0) is 11.3 Å². The van der Waals surface area contributed by atoms with Crippen molar-refractivity contribution >= 4 is 29.1 Å². The first-order valence-electron chi connectivity index (χ1n) is 8.07. The van der Waals surface area contributed by atoms with E-state index in [1.54, 1.807) is 6.07 Å². The SMILES string of the molecule is CCN1CCN(C(=O)[C@H](C)N(C)Cc2ccc(Cl)c(Cl)c2)CC1. The summed E-state index contributed by atoms with van der Waals surface area (Å²) < 4.78 is 0. The number of benzene rings is 1. The predicted molar refractivity (Wildman–Crippen MR) is 96.1 cm³/mol. The molecule has 0 N–H and O–H groups in total. The van der Waals surface area contributed by atoms with Gasteiger partial charge in [0.15, 0.2) is 0 Å². The molecule has 0 radical (unpaired) electrons. The van der Waals surface area contributed by atoms with E-state index in [9.17, 15) is 4.79 Å². The van der Waals surface area contributed by atoms with Crippen LogP contribution in [0.15, 0.2) is 18.2 Å². The zero-order valence-corrected chi connectivity index (χ0v) is 15.6. The quantitative estimate of drug-likeness (QED) is 0.810. The first-order chi connectivity index (χ1) is 10.9. The highest BCUT2D eigenvalue weighted by molar-refractivity contribution is 6.42. The van der Waals surface area contributed by atoms with Gasteiger partial charge in [-0.05, 0) is 38.2 Å². The first-order valence-corrected chi connectivity index (χ1v) is 8.83. The molecule has 0 unspecified atom stereocenters. The van der Waals surface area contributed by atoms with Gasteiger partial charge in [0, 0.05) is 32.7 Å². The molecule has 23 heavy (non-hydrogen) atoms. The maximum Gasteiger partial charge on any atom is 0.239 e. The topological polar surface area (TPSA) is 26.8 Å². The van der Waals surface area contributed by atoms with Crippen molar-refractivity contribution in [1.82, 2.24) is 14.7 Å². The summed E-state index contributed by atoms with van der Waals surface area (Å²) >= 11 is 12.0. The second kappa shape index (κ2) is 8.34. The molecular formula is C17H25Cl2N3O. The Morgan fingerprint density at radius 3 is 2.43 bits per heavy atom. The lowest BCUT2D eigenvalue weighted by atomic mass is 10.1. The highest BCUT2D eigenvalue weighted by atomic mass is 35.5. The lowest BCUT2D eigenvalue weighted by Gasteiger charge is -2.37. The first kappa shape index (κ1) is 18.5. The number of carbonyl (C=O) groups is 1. The third kappa shape index (κ3) is 4.83. The smallest absolute Gasteiger partial charge is 0.239 e. The molecule has 128 valence electrons. The zero-order chi connectivity index (χ0) is 17.0. The van der Waals surface area contributed by atoms with Gasteiger partial charge in [0.25, 0.3) is 0 Å². The van der Waals surface area contributed by atoms with Gasteiger partial charge in [0.2, 0.25) is 5.91 Å². The molecule has 1 saturated heterocycles. The molecule has 1 heterocycles. The van der Waals surface area contributed by atoms with Crippen molar-refractivity contribution in [3.8, 4) is 0 Å². The molecule has 1 aromatic carbocycles. The largest absolute Gasteiger partial charge is 0.339 e. The van der Waals surface area contributed by atoms with Gasteiger partial charge in [-0.2, -0.15) is 0 Å². The normalized spacial score (nSPS) is 17.6. The Labute approximate surface area is 148 Å². The van der Waals surface area contributed by atoms with Crippen molar-refractivity contribution < 1.29 is 4.79 Å². The van der Waals surface area contributed by atoms with Crippen molar-refractivity contribution in [2.24, 2.45) is 0 Å². The Kier molecular flexibility index (Phi) is 6.72. The molecule has 4 nitrogen and oxygen atoms in total. The summed E-state index contributed by atoms with van der Waals surface area (Å²) in [5.41, 5.74) is 1.05. The minimum atomic E-state index is -0.155. The number of halogens is 2. The zero-order valence-electron chi connectivity index (χ0n) is 14.1. The average molecular weight is 358 g/mol. The molecule has 0 saturated carbocycles. The number of nitrogens with zero attached hydrogens (tertiary/aromatic N) is 3. The number of rotatable bonds is 5. The number of hydrogen-bond donors (Lipinski definition) is 0. The van der Waals surface area contributed by atoms with E-state index in [2.05, 4.69) is 11.8 Å². The maximum absolute atomic E-state index is 12.7. The molecule has 1 aromatic rings. The number of amides is 1. The maximum atomic E-state index is 12.7. The molecule has 1 atom stereocenters.